The molecule has 0 spiro atoms. The summed E-state index contributed by atoms with van der Waals surface area (Å²) >= 11 is 1.12. The number of rotatable bonds is 5. The van der Waals surface area contributed by atoms with Gasteiger partial charge in [-0.05, 0) is 76.3 Å². The average Bonchev–Trinajstić information content (AvgIpc) is 3.97. The van der Waals surface area contributed by atoms with Crippen molar-refractivity contribution < 1.29 is 83.8 Å². The van der Waals surface area contributed by atoms with Gasteiger partial charge in [0.1, 0.15) is 5.75 Å². The molecule has 0 aliphatic heterocycles. The van der Waals surface area contributed by atoms with Crippen LogP contribution in [0.25, 0.3) is 0 Å². The SMILES string of the molecule is COc1ccc2c(c1)CC[C@@H]1[C@@H]2CC[C@@]2(C)[C@H]1CC[C@@]2(O)C/C=C/C[C](O)=[W].[C-]#[O+].[C-]#[O+].[C-]#[O+].[C-]#[O+].[C-]#[O+].[CH]1[CH][CH][CH][CH]1.[CH]1[CH][CH][CH][CH]1.[Zr]. The molecule has 0 saturated heterocycles. The van der Waals surface area contributed by atoms with Crippen molar-refractivity contribution in [1.29, 1.82) is 0 Å². The Bertz CT molecular complexity index is 1110. The van der Waals surface area contributed by atoms with Gasteiger partial charge in [0.2, 0.25) is 0 Å². The smallest absolute Gasteiger partial charge is 0 e. The minimum atomic E-state index is -0.602. The fourth-order valence-electron chi connectivity index (χ4n) is 7.24. The van der Waals surface area contributed by atoms with Gasteiger partial charge in [-0.25, -0.2) is 0 Å². The number of ether oxygens (including phenoxy) is 1. The maximum atomic E-state index is 11.6. The van der Waals surface area contributed by atoms with Gasteiger partial charge < -0.3 is 4.74 Å². The minimum Gasteiger partial charge on any atom is -0.0312 e. The predicted molar refractivity (Wildman–Crippen MR) is 171 cm³/mol. The van der Waals surface area contributed by atoms with Gasteiger partial charge in [0.15, 0.2) is 0 Å². The molecule has 1 aromatic carbocycles. The molecule has 6 rings (SSSR count). The molecular formula is C39H42O8WZr. The molecule has 10 heteroatoms. The summed E-state index contributed by atoms with van der Waals surface area (Å²) in [7, 11) is 1.74. The van der Waals surface area contributed by atoms with E-state index >= 15 is 0 Å². The van der Waals surface area contributed by atoms with E-state index < -0.39 is 5.60 Å². The van der Waals surface area contributed by atoms with Crippen molar-refractivity contribution in [2.24, 2.45) is 17.3 Å². The Labute approximate surface area is 324 Å². The second-order valence-electron chi connectivity index (χ2n) is 11.2. The standard InChI is InChI=1S/C24H32O3.2C5H5.5CO.W.Zr/c1-23-13-10-20-19-9-7-18(27-2)16-17(19)6-8-21(20)22(23)11-14-24(23,26)12-4-3-5-15-25;2*1-2-4-5-3-1;5*1-2;;/h3-4,7,9,16,20-22,25-26H,5-6,8,10-14H2,1-2H3;2*1-5H;;;;;;;/b4-3+;;;;;;;;;/t20-,21-,22+,23+,24+;;;;;;;;;/m1........./s1. The first kappa shape index (κ1) is 52.2. The van der Waals surface area contributed by atoms with Crippen molar-refractivity contribution in [3.63, 3.8) is 0 Å². The first-order valence-corrected chi connectivity index (χ1v) is 16.5. The summed E-state index contributed by atoms with van der Waals surface area (Å²) in [5.74, 6) is 2.90. The number of aryl methyl sites for hydroxylation is 1. The average molecular weight is 914 g/mol. The third-order valence-corrected chi connectivity index (χ3v) is 9.88. The molecule has 1 aromatic rings. The molecule has 8 nitrogen and oxygen atoms in total. The molecule has 4 saturated carbocycles. The molecule has 49 heavy (non-hydrogen) atoms. The van der Waals surface area contributed by atoms with Crippen LogP contribution in [0, 0.1) is 115 Å². The van der Waals surface area contributed by atoms with Gasteiger partial charge in [0.05, 0.1) is 7.11 Å². The van der Waals surface area contributed by atoms with Gasteiger partial charge in [-0.2, -0.15) is 0 Å². The van der Waals surface area contributed by atoms with Gasteiger partial charge in [-0.15, -0.1) is 0 Å². The summed E-state index contributed by atoms with van der Waals surface area (Å²) in [6, 6.07) is 6.65. The van der Waals surface area contributed by atoms with Crippen molar-refractivity contribution in [2.75, 3.05) is 7.11 Å². The summed E-state index contributed by atoms with van der Waals surface area (Å²) in [5, 5.41) is 21.1. The maximum absolute atomic E-state index is 11.6. The third-order valence-electron chi connectivity index (χ3n) is 9.28. The van der Waals surface area contributed by atoms with Crippen LogP contribution in [0.4, 0.5) is 0 Å². The third kappa shape index (κ3) is 16.4. The van der Waals surface area contributed by atoms with E-state index in [1.807, 2.05) is 70.3 Å². The maximum Gasteiger partial charge on any atom is 0 e. The van der Waals surface area contributed by atoms with Crippen LogP contribution >= 0.6 is 0 Å². The summed E-state index contributed by atoms with van der Waals surface area (Å²) in [6.45, 7) is 24.9. The van der Waals surface area contributed by atoms with Crippen molar-refractivity contribution in [3.8, 4) is 5.75 Å². The Hall–Kier alpha value is -1.18. The van der Waals surface area contributed by atoms with Crippen LogP contribution in [-0.4, -0.2) is 27.0 Å². The van der Waals surface area contributed by atoms with Gasteiger partial charge in [-0.1, -0.05) is 0 Å². The monoisotopic (exact) mass is 912 g/mol. The molecule has 5 atom stereocenters. The molecule has 4 fully saturated rings. The molecule has 5 aliphatic rings. The van der Waals surface area contributed by atoms with Gasteiger partial charge in [0.25, 0.3) is 0 Å². The quantitative estimate of drug-likeness (QED) is 0.197. The zero-order valence-electron chi connectivity index (χ0n) is 27.8. The molecule has 0 aromatic heterocycles. The molecule has 0 heterocycles. The van der Waals surface area contributed by atoms with Crippen LogP contribution in [-0.2, 0) is 75.2 Å². The zero-order valence-corrected chi connectivity index (χ0v) is 33.2. The second kappa shape index (κ2) is 31.5. The molecule has 0 amide bonds. The van der Waals surface area contributed by atoms with E-state index in [0.717, 1.165) is 50.8 Å². The fourth-order valence-corrected chi connectivity index (χ4v) is 7.58. The van der Waals surface area contributed by atoms with E-state index in [1.54, 1.807) is 7.11 Å². The summed E-state index contributed by atoms with van der Waals surface area (Å²) < 4.78 is 43.4. The first-order chi connectivity index (χ1) is 23.4. The van der Waals surface area contributed by atoms with Crippen LogP contribution in [0.3, 0.4) is 0 Å². The Morgan fingerprint density at radius 3 is 1.76 bits per heavy atom. The number of aliphatic hydroxyl groups excluding tert-OH is 1. The van der Waals surface area contributed by atoms with E-state index in [2.05, 4.69) is 64.5 Å². The van der Waals surface area contributed by atoms with Crippen molar-refractivity contribution in [2.45, 2.75) is 69.8 Å². The molecule has 10 radical (unpaired) electrons. The summed E-state index contributed by atoms with van der Waals surface area (Å²) in [5.41, 5.74) is 2.41. The topological polar surface area (TPSA) is 149 Å². The Balaban J connectivity index is -0.000000833. The summed E-state index contributed by atoms with van der Waals surface area (Å²) in [6.07, 6.45) is 32.1. The number of hydrogen-bond acceptors (Lipinski definition) is 3. The molecule has 0 bridgehead atoms. The second-order valence-corrected chi connectivity index (χ2v) is 12.9. The van der Waals surface area contributed by atoms with Gasteiger partial charge in [0, 0.05) is 26.2 Å². The van der Waals surface area contributed by atoms with Gasteiger partial charge in [-0.3, -0.25) is 0 Å². The van der Waals surface area contributed by atoms with Crippen molar-refractivity contribution in [3.05, 3.63) is 139 Å². The number of fused-ring (bicyclic) bond motifs is 5. The minimum absolute atomic E-state index is 0. The van der Waals surface area contributed by atoms with E-state index in [0.29, 0.717) is 34.7 Å². The van der Waals surface area contributed by atoms with E-state index in [4.69, 9.17) is 28.0 Å². The first-order valence-electron chi connectivity index (χ1n) is 15.0. The summed E-state index contributed by atoms with van der Waals surface area (Å²) in [4.78, 5) is 0. The van der Waals surface area contributed by atoms with Gasteiger partial charge >= 0.3 is 207 Å². The molecule has 5 aliphatic carbocycles. The Morgan fingerprint density at radius 1 is 0.816 bits per heavy atom. The largest absolute Gasteiger partial charge is 0.0312 e. The van der Waals surface area contributed by atoms with E-state index in [9.17, 15) is 10.2 Å². The van der Waals surface area contributed by atoms with Crippen molar-refractivity contribution in [1.82, 2.24) is 0 Å². The van der Waals surface area contributed by atoms with Crippen molar-refractivity contribution >= 4 is 4.08 Å². The van der Waals surface area contributed by atoms with Crippen LogP contribution in [0.15, 0.2) is 30.4 Å². The van der Waals surface area contributed by atoms with E-state index in [1.165, 1.54) is 24.0 Å². The fraction of sp³-hybridized carbons (Fsp3) is 0.385. The number of aliphatic hydroxyl groups is 2. The van der Waals surface area contributed by atoms with Crippen LogP contribution in [0.1, 0.15) is 68.9 Å². The van der Waals surface area contributed by atoms with Crippen LogP contribution < -0.4 is 4.74 Å². The number of methoxy groups -OCH3 is 1. The molecule has 256 valence electrons. The molecule has 2 N–H and O–H groups in total. The molecule has 0 unspecified atom stereocenters. The Morgan fingerprint density at radius 2 is 1.31 bits per heavy atom. The predicted octanol–water partition coefficient (Wildman–Crippen LogP) is 6.52. The molecular weight excluding hydrogens is 871 g/mol. The van der Waals surface area contributed by atoms with Crippen LogP contribution in [0.5, 0.6) is 5.75 Å². The Kier molecular flexibility index (Phi) is 33.6. The van der Waals surface area contributed by atoms with Crippen LogP contribution in [0.2, 0.25) is 0 Å². The number of hydrogen-bond donors (Lipinski definition) is 2. The zero-order chi connectivity index (χ0) is 37.0. The van der Waals surface area contributed by atoms with E-state index in [-0.39, 0.29) is 31.6 Å². The number of benzene rings is 1. The normalized spacial score (nSPS) is 26.0.